The molecule has 3 atom stereocenters. The van der Waals surface area contributed by atoms with Crippen molar-refractivity contribution in [1.82, 2.24) is 0 Å². The zero-order valence-corrected chi connectivity index (χ0v) is 35.0. The molecule has 0 saturated carbocycles. The van der Waals surface area contributed by atoms with Gasteiger partial charge >= 0.3 is 19.8 Å². The molecule has 4 N–H and O–H groups in total. The van der Waals surface area contributed by atoms with E-state index in [0.717, 1.165) is 44.9 Å². The van der Waals surface area contributed by atoms with Gasteiger partial charge in [0.2, 0.25) is 0 Å². The van der Waals surface area contributed by atoms with Gasteiger partial charge in [0.05, 0.1) is 19.3 Å². The predicted octanol–water partition coefficient (Wildman–Crippen LogP) is 10.9. The number of rotatable bonds is 39. The summed E-state index contributed by atoms with van der Waals surface area (Å²) in [5.41, 5.74) is 5.33. The van der Waals surface area contributed by atoms with Crippen molar-refractivity contribution in [3.05, 3.63) is 48.6 Å². The van der Waals surface area contributed by atoms with Gasteiger partial charge < -0.3 is 25.2 Å². The second kappa shape index (κ2) is 39.2. The summed E-state index contributed by atoms with van der Waals surface area (Å²) in [4.78, 5) is 34.8. The Bertz CT molecular complexity index is 1050. The van der Waals surface area contributed by atoms with Gasteiger partial charge in [0.1, 0.15) is 6.61 Å². The standard InChI is InChI=1S/C43H78NO9P/c1-3-5-7-9-11-13-15-17-18-20-22-24-26-28-30-34-42(46)50-38-41(39-52-54(48,49)51-37-36-44)53-43(47)35-31-33-40(45)32-29-27-25-23-21-19-16-14-12-10-8-6-4-2/h17-19,21,25,27,29,32,40-41,45H,3-16,20,22-24,26,28,30-31,33-39,44H2,1-2H3,(H,48,49)/b18-17-,21-19+,27-25+,32-29+/t40?,41-/m1/s1. The highest BCUT2D eigenvalue weighted by molar-refractivity contribution is 7.47. The third-order valence-electron chi connectivity index (χ3n) is 8.79. The fraction of sp³-hybridized carbons (Fsp3) is 0.767. The maximum Gasteiger partial charge on any atom is 0.472 e. The molecular weight excluding hydrogens is 705 g/mol. The van der Waals surface area contributed by atoms with Crippen molar-refractivity contribution in [2.45, 2.75) is 187 Å². The Morgan fingerprint density at radius 2 is 1.19 bits per heavy atom. The molecule has 0 spiro atoms. The van der Waals surface area contributed by atoms with E-state index in [1.54, 1.807) is 12.2 Å². The van der Waals surface area contributed by atoms with Crippen LogP contribution in [0.15, 0.2) is 48.6 Å². The number of aliphatic hydroxyl groups is 1. The number of carbonyl (C=O) groups excluding carboxylic acids is 2. The summed E-state index contributed by atoms with van der Waals surface area (Å²) in [6.45, 7) is 3.48. The molecule has 10 nitrogen and oxygen atoms in total. The van der Waals surface area contributed by atoms with Gasteiger partial charge in [-0.25, -0.2) is 4.57 Å². The maximum atomic E-state index is 12.6. The maximum absolute atomic E-state index is 12.6. The van der Waals surface area contributed by atoms with Crippen LogP contribution in [0.5, 0.6) is 0 Å². The summed E-state index contributed by atoms with van der Waals surface area (Å²) in [6.07, 6.45) is 40.3. The lowest BCUT2D eigenvalue weighted by Gasteiger charge is -2.20. The lowest BCUT2D eigenvalue weighted by molar-refractivity contribution is -0.161. The Balaban J connectivity index is 4.38. The molecule has 54 heavy (non-hydrogen) atoms. The predicted molar refractivity (Wildman–Crippen MR) is 221 cm³/mol. The van der Waals surface area contributed by atoms with Crippen molar-refractivity contribution in [2.24, 2.45) is 5.73 Å². The first-order valence-corrected chi connectivity index (χ1v) is 22.7. The minimum Gasteiger partial charge on any atom is -0.462 e. The molecule has 0 fully saturated rings. The molecule has 0 heterocycles. The number of nitrogens with two attached hydrogens (primary N) is 1. The normalized spacial score (nSPS) is 14.4. The smallest absolute Gasteiger partial charge is 0.462 e. The van der Waals surface area contributed by atoms with Gasteiger partial charge in [0.15, 0.2) is 6.10 Å². The van der Waals surface area contributed by atoms with Crippen LogP contribution in [-0.2, 0) is 32.7 Å². The van der Waals surface area contributed by atoms with Crippen molar-refractivity contribution in [1.29, 1.82) is 0 Å². The van der Waals surface area contributed by atoms with Crippen LogP contribution < -0.4 is 5.73 Å². The van der Waals surface area contributed by atoms with Gasteiger partial charge in [-0.3, -0.25) is 18.6 Å². The summed E-state index contributed by atoms with van der Waals surface area (Å²) in [5.74, 6) is -1.04. The van der Waals surface area contributed by atoms with Gasteiger partial charge in [-0.1, -0.05) is 146 Å². The molecule has 0 aliphatic carbocycles. The molecule has 0 aromatic carbocycles. The first-order chi connectivity index (χ1) is 26.2. The van der Waals surface area contributed by atoms with Gasteiger partial charge in [0.25, 0.3) is 0 Å². The minimum absolute atomic E-state index is 0.00393. The van der Waals surface area contributed by atoms with E-state index >= 15 is 0 Å². The van der Waals surface area contributed by atoms with Crippen molar-refractivity contribution in [3.8, 4) is 0 Å². The average molecular weight is 784 g/mol. The zero-order chi connectivity index (χ0) is 39.8. The molecule has 2 unspecified atom stereocenters. The first kappa shape index (κ1) is 51.9. The lowest BCUT2D eigenvalue weighted by Crippen LogP contribution is -2.29. The van der Waals surface area contributed by atoms with Gasteiger partial charge in [0, 0.05) is 19.4 Å². The van der Waals surface area contributed by atoms with Crippen LogP contribution in [0.25, 0.3) is 0 Å². The van der Waals surface area contributed by atoms with E-state index in [0.29, 0.717) is 19.3 Å². The molecule has 0 amide bonds. The molecule has 0 saturated heterocycles. The van der Waals surface area contributed by atoms with Crippen LogP contribution >= 0.6 is 7.82 Å². The molecule has 314 valence electrons. The number of hydrogen-bond acceptors (Lipinski definition) is 9. The minimum atomic E-state index is -4.43. The number of phosphoric acid groups is 1. The number of allylic oxidation sites excluding steroid dienone is 7. The van der Waals surface area contributed by atoms with Crippen LogP contribution in [0, 0.1) is 0 Å². The second-order valence-corrected chi connectivity index (χ2v) is 15.5. The average Bonchev–Trinajstić information content (AvgIpc) is 3.15. The number of hydrogen-bond donors (Lipinski definition) is 3. The molecule has 11 heteroatoms. The number of unbranched alkanes of at least 4 members (excludes halogenated alkanes) is 17. The number of phosphoric ester groups is 1. The Morgan fingerprint density at radius 1 is 0.648 bits per heavy atom. The molecule has 0 bridgehead atoms. The number of carbonyl (C=O) groups is 2. The highest BCUT2D eigenvalue weighted by atomic mass is 31.2. The molecule has 0 aromatic heterocycles. The first-order valence-electron chi connectivity index (χ1n) is 21.2. The van der Waals surface area contributed by atoms with Crippen LogP contribution in [0.1, 0.15) is 174 Å². The lowest BCUT2D eigenvalue weighted by atomic mass is 10.1. The van der Waals surface area contributed by atoms with Crippen molar-refractivity contribution >= 4 is 19.8 Å². The van der Waals surface area contributed by atoms with Crippen molar-refractivity contribution in [2.75, 3.05) is 26.4 Å². The summed E-state index contributed by atoms with van der Waals surface area (Å²) in [7, 11) is -4.43. The zero-order valence-electron chi connectivity index (χ0n) is 34.1. The van der Waals surface area contributed by atoms with E-state index in [9.17, 15) is 24.2 Å². The molecule has 0 radical (unpaired) electrons. The fourth-order valence-electron chi connectivity index (χ4n) is 5.58. The molecule has 0 aliphatic heterocycles. The molecule has 0 rings (SSSR count). The van der Waals surface area contributed by atoms with Gasteiger partial charge in [-0.05, 0) is 64.2 Å². The topological polar surface area (TPSA) is 155 Å². The van der Waals surface area contributed by atoms with Crippen LogP contribution in [0.3, 0.4) is 0 Å². The van der Waals surface area contributed by atoms with E-state index in [-0.39, 0.29) is 32.6 Å². The van der Waals surface area contributed by atoms with E-state index in [1.807, 2.05) is 12.2 Å². The quantitative estimate of drug-likeness (QED) is 0.0180. The second-order valence-electron chi connectivity index (χ2n) is 14.1. The SMILES string of the molecule is CCCCCCCC/C=C\CCCCCCCC(=O)OC[C@H](COP(=O)(O)OCCN)OC(=O)CCCC(O)/C=C/C=C/C/C=C/CCCCCCCC. The number of ether oxygens (including phenoxy) is 2. The monoisotopic (exact) mass is 784 g/mol. The molecule has 0 aromatic rings. The van der Waals surface area contributed by atoms with Gasteiger partial charge in [-0.15, -0.1) is 0 Å². The summed E-state index contributed by atoms with van der Waals surface area (Å²) in [6, 6.07) is 0. The Labute approximate surface area is 329 Å². The van der Waals surface area contributed by atoms with E-state index in [4.69, 9.17) is 24.3 Å². The van der Waals surface area contributed by atoms with Crippen LogP contribution in [-0.4, -0.2) is 60.5 Å². The van der Waals surface area contributed by atoms with E-state index in [1.165, 1.54) is 83.5 Å². The largest absolute Gasteiger partial charge is 0.472 e. The Morgan fingerprint density at radius 3 is 1.78 bits per heavy atom. The number of esters is 2. The summed E-state index contributed by atoms with van der Waals surface area (Å²) < 4.78 is 32.6. The van der Waals surface area contributed by atoms with Gasteiger partial charge in [-0.2, -0.15) is 0 Å². The summed E-state index contributed by atoms with van der Waals surface area (Å²) in [5, 5.41) is 10.3. The van der Waals surface area contributed by atoms with Crippen LogP contribution in [0.4, 0.5) is 0 Å². The third kappa shape index (κ3) is 38.2. The summed E-state index contributed by atoms with van der Waals surface area (Å²) >= 11 is 0. The van der Waals surface area contributed by atoms with Crippen molar-refractivity contribution < 1.29 is 42.7 Å². The fourth-order valence-corrected chi connectivity index (χ4v) is 6.34. The highest BCUT2D eigenvalue weighted by Crippen LogP contribution is 2.43. The van der Waals surface area contributed by atoms with E-state index < -0.39 is 38.6 Å². The van der Waals surface area contributed by atoms with E-state index in [2.05, 4.69) is 38.2 Å². The Kier molecular flexibility index (Phi) is 37.7. The molecular formula is C43H78NO9P. The number of aliphatic hydroxyl groups excluding tert-OH is 1. The van der Waals surface area contributed by atoms with Crippen molar-refractivity contribution in [3.63, 3.8) is 0 Å². The van der Waals surface area contributed by atoms with Crippen LogP contribution in [0.2, 0.25) is 0 Å². The highest BCUT2D eigenvalue weighted by Gasteiger charge is 2.26. The Hall–Kier alpha value is -2.07. The molecule has 0 aliphatic rings. The third-order valence-corrected chi connectivity index (χ3v) is 9.78.